The molecule has 0 aliphatic carbocycles. The van der Waals surface area contributed by atoms with E-state index in [1.807, 2.05) is 6.92 Å². The van der Waals surface area contributed by atoms with Crippen molar-refractivity contribution in [3.63, 3.8) is 0 Å². The van der Waals surface area contributed by atoms with Gasteiger partial charge in [0.05, 0.1) is 30.0 Å². The predicted molar refractivity (Wildman–Crippen MR) is 71.2 cm³/mol. The smallest absolute Gasteiger partial charge is 0.255 e. The van der Waals surface area contributed by atoms with E-state index < -0.39 is 0 Å². The second kappa shape index (κ2) is 7.08. The van der Waals surface area contributed by atoms with Gasteiger partial charge in [0.15, 0.2) is 0 Å². The van der Waals surface area contributed by atoms with Crippen LogP contribution in [0.3, 0.4) is 0 Å². The minimum Gasteiger partial charge on any atom is -0.496 e. The highest BCUT2D eigenvalue weighted by Gasteiger charge is 2.14. The molecule has 0 bridgehead atoms. The summed E-state index contributed by atoms with van der Waals surface area (Å²) < 4.78 is 10.2. The molecule has 0 radical (unpaired) electrons. The number of hydrogen-bond acceptors (Lipinski definition) is 4. The van der Waals surface area contributed by atoms with Crippen LogP contribution in [0.15, 0.2) is 12.1 Å². The molecule has 0 saturated carbocycles. The van der Waals surface area contributed by atoms with Gasteiger partial charge < -0.3 is 20.5 Å². The summed E-state index contributed by atoms with van der Waals surface area (Å²) in [5.74, 6) is 0.124. The zero-order valence-corrected chi connectivity index (χ0v) is 11.2. The number of nitrogens with one attached hydrogen (secondary N) is 1. The number of nitrogens with two attached hydrogens (primary N) is 1. The van der Waals surface area contributed by atoms with Crippen molar-refractivity contribution in [1.29, 1.82) is 0 Å². The maximum atomic E-state index is 11.9. The van der Waals surface area contributed by atoms with Crippen LogP contribution in [0.1, 0.15) is 17.3 Å². The molecule has 18 heavy (non-hydrogen) atoms. The van der Waals surface area contributed by atoms with Crippen LogP contribution in [-0.4, -0.2) is 32.8 Å². The summed E-state index contributed by atoms with van der Waals surface area (Å²) in [7, 11) is 1.47. The summed E-state index contributed by atoms with van der Waals surface area (Å²) in [4.78, 5) is 11.9. The fourth-order valence-corrected chi connectivity index (χ4v) is 1.56. The Kier molecular flexibility index (Phi) is 5.74. The van der Waals surface area contributed by atoms with Gasteiger partial charge in [-0.25, -0.2) is 0 Å². The van der Waals surface area contributed by atoms with E-state index in [9.17, 15) is 4.79 Å². The molecule has 0 heterocycles. The quantitative estimate of drug-likeness (QED) is 0.611. The molecule has 1 aromatic carbocycles. The first-order valence-electron chi connectivity index (χ1n) is 5.59. The van der Waals surface area contributed by atoms with E-state index in [4.69, 9.17) is 26.8 Å². The van der Waals surface area contributed by atoms with Crippen LogP contribution in [0.2, 0.25) is 5.02 Å². The lowest BCUT2D eigenvalue weighted by molar-refractivity contribution is 0.0919. The number of carbonyl (C=O) groups excluding carboxylic acids is 1. The summed E-state index contributed by atoms with van der Waals surface area (Å²) in [6.07, 6.45) is 0. The van der Waals surface area contributed by atoms with Crippen LogP contribution in [0.4, 0.5) is 5.69 Å². The van der Waals surface area contributed by atoms with Crippen molar-refractivity contribution in [3.8, 4) is 5.75 Å². The van der Waals surface area contributed by atoms with Gasteiger partial charge >= 0.3 is 0 Å². The van der Waals surface area contributed by atoms with E-state index in [-0.39, 0.29) is 5.91 Å². The van der Waals surface area contributed by atoms with Gasteiger partial charge in [0.25, 0.3) is 5.91 Å². The van der Waals surface area contributed by atoms with Crippen molar-refractivity contribution in [2.24, 2.45) is 0 Å². The van der Waals surface area contributed by atoms with Crippen LogP contribution in [-0.2, 0) is 4.74 Å². The topological polar surface area (TPSA) is 73.6 Å². The zero-order valence-electron chi connectivity index (χ0n) is 10.5. The third kappa shape index (κ3) is 3.78. The lowest BCUT2D eigenvalue weighted by Crippen LogP contribution is -2.27. The molecule has 6 heteroatoms. The molecule has 1 aromatic rings. The number of amides is 1. The normalized spacial score (nSPS) is 10.2. The van der Waals surface area contributed by atoms with Crippen molar-refractivity contribution >= 4 is 23.2 Å². The molecular formula is C12H17ClN2O3. The average Bonchev–Trinajstić information content (AvgIpc) is 2.37. The average molecular weight is 273 g/mol. The first kappa shape index (κ1) is 14.6. The van der Waals surface area contributed by atoms with Crippen molar-refractivity contribution in [2.45, 2.75) is 6.92 Å². The number of rotatable bonds is 6. The van der Waals surface area contributed by atoms with Crippen molar-refractivity contribution in [3.05, 3.63) is 22.7 Å². The molecule has 0 aliphatic rings. The second-order valence-corrected chi connectivity index (χ2v) is 3.93. The Labute approximate surface area is 111 Å². The summed E-state index contributed by atoms with van der Waals surface area (Å²) >= 11 is 5.89. The molecule has 100 valence electrons. The molecule has 0 atom stereocenters. The molecule has 0 aliphatic heterocycles. The Morgan fingerprint density at radius 1 is 1.50 bits per heavy atom. The minimum absolute atomic E-state index is 0.270. The maximum absolute atomic E-state index is 11.9. The first-order chi connectivity index (χ1) is 8.60. The number of carbonyl (C=O) groups is 1. The fraction of sp³-hybridized carbons (Fsp3) is 0.417. The molecule has 0 saturated heterocycles. The third-order valence-corrected chi connectivity index (χ3v) is 2.63. The summed E-state index contributed by atoms with van der Waals surface area (Å²) in [6.45, 7) is 3.41. The minimum atomic E-state index is -0.270. The van der Waals surface area contributed by atoms with E-state index in [0.29, 0.717) is 41.8 Å². The second-order valence-electron chi connectivity index (χ2n) is 3.53. The zero-order chi connectivity index (χ0) is 13.5. The summed E-state index contributed by atoms with van der Waals surface area (Å²) in [5, 5.41) is 3.04. The Morgan fingerprint density at radius 3 is 2.83 bits per heavy atom. The van der Waals surface area contributed by atoms with Gasteiger partial charge in [-0.15, -0.1) is 0 Å². The Hall–Kier alpha value is -1.46. The molecule has 0 fully saturated rings. The van der Waals surface area contributed by atoms with E-state index >= 15 is 0 Å². The van der Waals surface area contributed by atoms with E-state index in [2.05, 4.69) is 5.32 Å². The molecule has 3 N–H and O–H groups in total. The number of hydrogen-bond donors (Lipinski definition) is 2. The molecule has 5 nitrogen and oxygen atoms in total. The van der Waals surface area contributed by atoms with Gasteiger partial charge in [-0.1, -0.05) is 11.6 Å². The van der Waals surface area contributed by atoms with Crippen molar-refractivity contribution < 1.29 is 14.3 Å². The molecular weight excluding hydrogens is 256 g/mol. The number of benzene rings is 1. The molecule has 0 spiro atoms. The molecule has 0 aromatic heterocycles. The number of halogens is 1. The number of methoxy groups -OCH3 is 1. The van der Waals surface area contributed by atoms with E-state index in [1.165, 1.54) is 19.2 Å². The molecule has 0 unspecified atom stereocenters. The van der Waals surface area contributed by atoms with Crippen LogP contribution in [0, 0.1) is 0 Å². The van der Waals surface area contributed by atoms with Crippen LogP contribution >= 0.6 is 11.6 Å². The van der Waals surface area contributed by atoms with Gasteiger partial charge in [0, 0.05) is 19.2 Å². The van der Waals surface area contributed by atoms with Gasteiger partial charge in [-0.05, 0) is 13.0 Å². The molecule has 1 rings (SSSR count). The number of ether oxygens (including phenoxy) is 2. The van der Waals surface area contributed by atoms with Crippen LogP contribution in [0.5, 0.6) is 5.75 Å². The Balaban J connectivity index is 2.75. The fourth-order valence-electron chi connectivity index (χ4n) is 1.39. The Morgan fingerprint density at radius 2 is 2.22 bits per heavy atom. The van der Waals surface area contributed by atoms with Gasteiger partial charge in [0.2, 0.25) is 0 Å². The largest absolute Gasteiger partial charge is 0.496 e. The monoisotopic (exact) mass is 272 g/mol. The first-order valence-corrected chi connectivity index (χ1v) is 5.96. The van der Waals surface area contributed by atoms with Crippen molar-refractivity contribution in [2.75, 3.05) is 32.6 Å². The third-order valence-electron chi connectivity index (χ3n) is 2.30. The summed E-state index contributed by atoms with van der Waals surface area (Å²) in [5.41, 5.74) is 6.37. The van der Waals surface area contributed by atoms with Gasteiger partial charge in [0.1, 0.15) is 5.75 Å². The molecule has 1 amide bonds. The number of anilines is 1. The highest BCUT2D eigenvalue weighted by Crippen LogP contribution is 2.28. The summed E-state index contributed by atoms with van der Waals surface area (Å²) in [6, 6.07) is 3.02. The van der Waals surface area contributed by atoms with E-state index in [0.717, 1.165) is 0 Å². The maximum Gasteiger partial charge on any atom is 0.255 e. The van der Waals surface area contributed by atoms with Crippen LogP contribution in [0.25, 0.3) is 0 Å². The lowest BCUT2D eigenvalue weighted by atomic mass is 10.1. The van der Waals surface area contributed by atoms with Gasteiger partial charge in [-0.2, -0.15) is 0 Å². The number of nitrogen functional groups attached to an aromatic ring is 1. The SMILES string of the molecule is CCOCCNC(=O)c1cc(Cl)c(N)cc1OC. The predicted octanol–water partition coefficient (Wildman–Crippen LogP) is 1.70. The van der Waals surface area contributed by atoms with Crippen molar-refractivity contribution in [1.82, 2.24) is 5.32 Å². The Bertz CT molecular complexity index is 424. The van der Waals surface area contributed by atoms with E-state index in [1.54, 1.807) is 0 Å². The lowest BCUT2D eigenvalue weighted by Gasteiger charge is -2.11. The highest BCUT2D eigenvalue weighted by atomic mass is 35.5. The van der Waals surface area contributed by atoms with Crippen LogP contribution < -0.4 is 15.8 Å². The highest BCUT2D eigenvalue weighted by molar-refractivity contribution is 6.33. The van der Waals surface area contributed by atoms with Gasteiger partial charge in [-0.3, -0.25) is 4.79 Å². The standard InChI is InChI=1S/C12H17ClN2O3/c1-3-18-5-4-15-12(16)8-6-9(13)10(14)7-11(8)17-2/h6-7H,3-5,14H2,1-2H3,(H,15,16).